The van der Waals surface area contributed by atoms with Crippen LogP contribution in [0.4, 0.5) is 4.79 Å². The van der Waals surface area contributed by atoms with Crippen molar-refractivity contribution in [3.05, 3.63) is 0 Å². The quantitative estimate of drug-likeness (QED) is 0.259. The molecule has 2 unspecified atom stereocenters. The largest absolute Gasteiger partial charge is 0.361 e. The Morgan fingerprint density at radius 1 is 1.32 bits per heavy atom. The van der Waals surface area contributed by atoms with Crippen LogP contribution in [0.5, 0.6) is 0 Å². The Kier molecular flexibility index (Phi) is 6.54. The van der Waals surface area contributed by atoms with Gasteiger partial charge in [0.25, 0.3) is 0 Å². The molecule has 1 aliphatic heterocycles. The summed E-state index contributed by atoms with van der Waals surface area (Å²) >= 11 is 0. The summed E-state index contributed by atoms with van der Waals surface area (Å²) in [6, 6.07) is -0.584. The SMILES string of the molecule is CCOCN1C(=O)N(C)C(COOC=O)C1OCC. The van der Waals surface area contributed by atoms with E-state index in [1.54, 1.807) is 7.05 Å². The molecule has 1 fully saturated rings. The Morgan fingerprint density at radius 3 is 2.63 bits per heavy atom. The molecule has 0 aromatic heterocycles. The molecule has 0 bridgehead atoms. The van der Waals surface area contributed by atoms with E-state index in [1.807, 2.05) is 13.8 Å². The van der Waals surface area contributed by atoms with Gasteiger partial charge in [0, 0.05) is 20.3 Å². The fourth-order valence-electron chi connectivity index (χ4n) is 1.87. The van der Waals surface area contributed by atoms with Crippen molar-refractivity contribution >= 4 is 12.5 Å². The molecule has 0 aromatic rings. The molecule has 0 radical (unpaired) electrons. The Labute approximate surface area is 112 Å². The average molecular weight is 276 g/mol. The number of likely N-dealkylation sites (N-methyl/N-ethyl adjacent to an activating group) is 1. The van der Waals surface area contributed by atoms with Crippen molar-refractivity contribution in [2.75, 3.05) is 33.6 Å². The highest BCUT2D eigenvalue weighted by Crippen LogP contribution is 2.23. The highest BCUT2D eigenvalue weighted by atomic mass is 17.2. The molecule has 110 valence electrons. The van der Waals surface area contributed by atoms with Gasteiger partial charge in [-0.2, -0.15) is 4.89 Å². The molecular weight excluding hydrogens is 256 g/mol. The van der Waals surface area contributed by atoms with Crippen LogP contribution in [0.2, 0.25) is 0 Å². The summed E-state index contributed by atoms with van der Waals surface area (Å²) in [6.07, 6.45) is -0.496. The zero-order valence-electron chi connectivity index (χ0n) is 11.4. The van der Waals surface area contributed by atoms with E-state index in [9.17, 15) is 9.59 Å². The van der Waals surface area contributed by atoms with E-state index in [0.717, 1.165) is 0 Å². The molecule has 1 rings (SSSR count). The maximum absolute atomic E-state index is 12.1. The number of nitrogens with zero attached hydrogens (tertiary/aromatic N) is 2. The normalized spacial score (nSPS) is 23.0. The monoisotopic (exact) mass is 276 g/mol. The van der Waals surface area contributed by atoms with Gasteiger partial charge in [-0.3, -0.25) is 9.69 Å². The smallest absolute Gasteiger partial charge is 0.330 e. The van der Waals surface area contributed by atoms with Crippen molar-refractivity contribution in [3.63, 3.8) is 0 Å². The van der Waals surface area contributed by atoms with Gasteiger partial charge in [0.05, 0.1) is 0 Å². The van der Waals surface area contributed by atoms with Crippen LogP contribution in [-0.2, 0) is 24.0 Å². The second-order valence-corrected chi connectivity index (χ2v) is 3.88. The Balaban J connectivity index is 2.70. The van der Waals surface area contributed by atoms with E-state index in [2.05, 4.69) is 4.89 Å². The fraction of sp³-hybridized carbons (Fsp3) is 0.818. The first-order valence-electron chi connectivity index (χ1n) is 6.12. The minimum Gasteiger partial charge on any atom is -0.361 e. The molecule has 0 aliphatic carbocycles. The van der Waals surface area contributed by atoms with Gasteiger partial charge in [0.1, 0.15) is 19.4 Å². The van der Waals surface area contributed by atoms with Crippen molar-refractivity contribution in [1.29, 1.82) is 0 Å². The Morgan fingerprint density at radius 2 is 2.05 bits per heavy atom. The van der Waals surface area contributed by atoms with Gasteiger partial charge in [0.15, 0.2) is 6.23 Å². The number of carbonyl (C=O) groups excluding carboxylic acids is 2. The number of ether oxygens (including phenoxy) is 2. The predicted octanol–water partition coefficient (Wildman–Crippen LogP) is 0.184. The van der Waals surface area contributed by atoms with E-state index in [-0.39, 0.29) is 31.9 Å². The van der Waals surface area contributed by atoms with Gasteiger partial charge in [-0.15, -0.1) is 0 Å². The molecule has 2 atom stereocenters. The van der Waals surface area contributed by atoms with Crippen LogP contribution < -0.4 is 0 Å². The van der Waals surface area contributed by atoms with Gasteiger partial charge in [-0.1, -0.05) is 0 Å². The van der Waals surface area contributed by atoms with E-state index < -0.39 is 6.23 Å². The molecule has 2 amide bonds. The van der Waals surface area contributed by atoms with Crippen LogP contribution in [0.15, 0.2) is 0 Å². The highest BCUT2D eigenvalue weighted by Gasteiger charge is 2.45. The number of amides is 2. The van der Waals surface area contributed by atoms with Gasteiger partial charge in [-0.25, -0.2) is 4.79 Å². The first kappa shape index (κ1) is 15.7. The standard InChI is InChI=1S/C11H20N2O6/c1-4-16-7-13-10(17-5-2)9(6-18-19-8-14)12(3)11(13)15/h8-10H,4-7H2,1-3H3. The molecular formula is C11H20N2O6. The lowest BCUT2D eigenvalue weighted by Gasteiger charge is -2.25. The van der Waals surface area contributed by atoms with Crippen molar-refractivity contribution in [2.45, 2.75) is 26.1 Å². The van der Waals surface area contributed by atoms with Crippen LogP contribution in [0, 0.1) is 0 Å². The third-order valence-corrected chi connectivity index (χ3v) is 2.80. The van der Waals surface area contributed by atoms with E-state index >= 15 is 0 Å². The summed E-state index contributed by atoms with van der Waals surface area (Å²) in [4.78, 5) is 34.0. The second-order valence-electron chi connectivity index (χ2n) is 3.88. The lowest BCUT2D eigenvalue weighted by molar-refractivity contribution is -0.268. The summed E-state index contributed by atoms with van der Waals surface area (Å²) in [6.45, 7) is 5.00. The van der Waals surface area contributed by atoms with Gasteiger partial charge in [-0.05, 0) is 13.8 Å². The summed E-state index contributed by atoms with van der Waals surface area (Å²) in [5.41, 5.74) is 0. The minimum atomic E-state index is -0.496. The summed E-state index contributed by atoms with van der Waals surface area (Å²) in [5.74, 6) is 0. The maximum Gasteiger partial charge on any atom is 0.330 e. The Hall–Kier alpha value is -1.38. The molecule has 19 heavy (non-hydrogen) atoms. The summed E-state index contributed by atoms with van der Waals surface area (Å²) in [5, 5.41) is 0. The van der Waals surface area contributed by atoms with E-state index in [1.165, 1.54) is 9.80 Å². The number of hydrogen-bond acceptors (Lipinski definition) is 6. The highest BCUT2D eigenvalue weighted by molar-refractivity contribution is 5.77. The number of rotatable bonds is 9. The third kappa shape index (κ3) is 3.79. The average Bonchev–Trinajstić information content (AvgIpc) is 2.62. The lowest BCUT2D eigenvalue weighted by Crippen LogP contribution is -2.42. The van der Waals surface area contributed by atoms with Crippen LogP contribution in [0.3, 0.4) is 0 Å². The molecule has 1 heterocycles. The third-order valence-electron chi connectivity index (χ3n) is 2.80. The Bertz CT molecular complexity index is 301. The molecule has 8 heteroatoms. The summed E-state index contributed by atoms with van der Waals surface area (Å²) < 4.78 is 10.8. The second kappa shape index (κ2) is 7.93. The van der Waals surface area contributed by atoms with Gasteiger partial charge in [0.2, 0.25) is 0 Å². The molecule has 1 saturated heterocycles. The predicted molar refractivity (Wildman–Crippen MR) is 63.8 cm³/mol. The van der Waals surface area contributed by atoms with Crippen LogP contribution >= 0.6 is 0 Å². The van der Waals surface area contributed by atoms with Gasteiger partial charge >= 0.3 is 12.5 Å². The maximum atomic E-state index is 12.1. The van der Waals surface area contributed by atoms with Crippen LogP contribution in [-0.4, -0.2) is 68.2 Å². The molecule has 0 spiro atoms. The first-order chi connectivity index (χ1) is 9.17. The van der Waals surface area contributed by atoms with Crippen LogP contribution in [0.1, 0.15) is 13.8 Å². The zero-order chi connectivity index (χ0) is 14.3. The molecule has 0 N–H and O–H groups in total. The van der Waals surface area contributed by atoms with E-state index in [0.29, 0.717) is 13.2 Å². The topological polar surface area (TPSA) is 77.5 Å². The van der Waals surface area contributed by atoms with Crippen molar-refractivity contribution in [2.24, 2.45) is 0 Å². The van der Waals surface area contributed by atoms with Crippen LogP contribution in [0.25, 0.3) is 0 Å². The molecule has 8 nitrogen and oxygen atoms in total. The van der Waals surface area contributed by atoms with Gasteiger partial charge < -0.3 is 19.3 Å². The van der Waals surface area contributed by atoms with E-state index in [4.69, 9.17) is 14.4 Å². The first-order valence-corrected chi connectivity index (χ1v) is 6.12. The zero-order valence-corrected chi connectivity index (χ0v) is 11.4. The molecule has 0 aromatic carbocycles. The minimum absolute atomic E-state index is 0.0360. The lowest BCUT2D eigenvalue weighted by atomic mass is 10.3. The number of carbonyl (C=O) groups is 2. The number of urea groups is 1. The van der Waals surface area contributed by atoms with Crippen molar-refractivity contribution in [3.8, 4) is 0 Å². The van der Waals surface area contributed by atoms with Crippen molar-refractivity contribution in [1.82, 2.24) is 9.80 Å². The fourth-order valence-corrected chi connectivity index (χ4v) is 1.87. The molecule has 1 aliphatic rings. The summed E-state index contributed by atoms with van der Waals surface area (Å²) in [7, 11) is 1.63. The molecule has 0 saturated carbocycles. The van der Waals surface area contributed by atoms with Crippen molar-refractivity contribution < 1.29 is 28.8 Å². The number of hydrogen-bond donors (Lipinski definition) is 0.